The van der Waals surface area contributed by atoms with E-state index in [0.29, 0.717) is 0 Å². The number of hydrogen-bond acceptors (Lipinski definition) is 4. The summed E-state index contributed by atoms with van der Waals surface area (Å²) in [5, 5.41) is 9.80. The van der Waals surface area contributed by atoms with Crippen LogP contribution in [0.2, 0.25) is 18.1 Å². The topological polar surface area (TPSA) is 47.9 Å². The average Bonchev–Trinajstić information content (AvgIpc) is 2.70. The van der Waals surface area contributed by atoms with Crippen LogP contribution >= 0.6 is 0 Å². The summed E-state index contributed by atoms with van der Waals surface area (Å²) < 4.78 is 18.5. The Hall–Kier alpha value is 0.0569. The Morgan fingerprint density at radius 1 is 1.25 bits per heavy atom. The smallest absolute Gasteiger partial charge is 0.192 e. The minimum atomic E-state index is -1.88. The molecule has 0 radical (unpaired) electrons. The average molecular weight is 302 g/mol. The molecule has 0 aromatic carbocycles. The van der Waals surface area contributed by atoms with Crippen LogP contribution in [0, 0.1) is 5.92 Å². The molecule has 1 aliphatic heterocycles. The van der Waals surface area contributed by atoms with Crippen molar-refractivity contribution in [3.63, 3.8) is 0 Å². The summed E-state index contributed by atoms with van der Waals surface area (Å²) in [5.74, 6) is -0.416. The molecular formula is C15H30O4Si. The lowest BCUT2D eigenvalue weighted by atomic mass is 10.1. The van der Waals surface area contributed by atoms with Gasteiger partial charge < -0.3 is 19.0 Å². The Kier molecular flexibility index (Phi) is 4.15. The van der Waals surface area contributed by atoms with Gasteiger partial charge in [-0.25, -0.2) is 0 Å². The lowest BCUT2D eigenvalue weighted by molar-refractivity contribution is -0.167. The van der Waals surface area contributed by atoms with Crippen LogP contribution in [-0.4, -0.2) is 44.1 Å². The molecule has 1 saturated carbocycles. The first-order valence-corrected chi connectivity index (χ1v) is 10.5. The van der Waals surface area contributed by atoms with Crippen LogP contribution in [0.1, 0.15) is 41.0 Å². The Bertz CT molecular complexity index is 361. The molecule has 0 spiro atoms. The minimum Gasteiger partial charge on any atom is -0.411 e. The van der Waals surface area contributed by atoms with Crippen LogP contribution in [0.25, 0.3) is 0 Å². The molecule has 0 bridgehead atoms. The van der Waals surface area contributed by atoms with E-state index in [1.54, 1.807) is 0 Å². The molecule has 4 nitrogen and oxygen atoms in total. The van der Waals surface area contributed by atoms with Gasteiger partial charge in [-0.3, -0.25) is 0 Å². The molecule has 5 heteroatoms. The molecule has 1 N–H and O–H groups in total. The Morgan fingerprint density at radius 2 is 1.85 bits per heavy atom. The normalized spacial score (nSPS) is 37.2. The summed E-state index contributed by atoms with van der Waals surface area (Å²) in [6.45, 7) is 15.2. The van der Waals surface area contributed by atoms with Crippen molar-refractivity contribution < 1.29 is 19.0 Å². The molecule has 0 unspecified atom stereocenters. The van der Waals surface area contributed by atoms with Gasteiger partial charge in [0, 0.05) is 12.5 Å². The zero-order chi connectivity index (χ0) is 15.3. The van der Waals surface area contributed by atoms with E-state index < -0.39 is 14.1 Å². The fourth-order valence-corrected chi connectivity index (χ4v) is 4.24. The molecule has 1 saturated heterocycles. The van der Waals surface area contributed by atoms with Crippen molar-refractivity contribution in [2.45, 2.75) is 83.3 Å². The third-order valence-electron chi connectivity index (χ3n) is 5.02. The van der Waals surface area contributed by atoms with Crippen molar-refractivity contribution in [1.82, 2.24) is 0 Å². The van der Waals surface area contributed by atoms with E-state index in [-0.39, 0.29) is 35.9 Å². The monoisotopic (exact) mass is 302 g/mol. The van der Waals surface area contributed by atoms with Gasteiger partial charge in [0.1, 0.15) is 6.10 Å². The number of rotatable bonds is 3. The van der Waals surface area contributed by atoms with Gasteiger partial charge in [0.2, 0.25) is 0 Å². The molecule has 0 aromatic rings. The first-order valence-electron chi connectivity index (χ1n) is 7.61. The fourth-order valence-electron chi connectivity index (χ4n) is 2.88. The predicted molar refractivity (Wildman–Crippen MR) is 81.1 cm³/mol. The van der Waals surface area contributed by atoms with Crippen molar-refractivity contribution in [1.29, 1.82) is 0 Å². The second-order valence-corrected chi connectivity index (χ2v) is 12.9. The van der Waals surface area contributed by atoms with E-state index in [2.05, 4.69) is 33.9 Å². The van der Waals surface area contributed by atoms with Crippen LogP contribution in [-0.2, 0) is 13.9 Å². The second-order valence-electron chi connectivity index (χ2n) is 8.16. The van der Waals surface area contributed by atoms with Crippen LogP contribution in [0.5, 0.6) is 0 Å². The number of fused-ring (bicyclic) bond motifs is 1. The first-order chi connectivity index (χ1) is 8.97. The van der Waals surface area contributed by atoms with Gasteiger partial charge in [-0.15, -0.1) is 0 Å². The van der Waals surface area contributed by atoms with Crippen molar-refractivity contribution in [2.75, 3.05) is 6.61 Å². The maximum absolute atomic E-state index is 9.65. The molecule has 118 valence electrons. The van der Waals surface area contributed by atoms with Gasteiger partial charge in [-0.2, -0.15) is 0 Å². The third-order valence-corrected chi connectivity index (χ3v) is 9.49. The SMILES string of the molecule is CC1(C)O[C@@H]2[C@H](O[Si](C)(C)C(C)(C)C)[C@H](CO)C[C@@H]2O1. The van der Waals surface area contributed by atoms with E-state index in [0.717, 1.165) is 6.42 Å². The van der Waals surface area contributed by atoms with Crippen molar-refractivity contribution in [3.8, 4) is 0 Å². The molecule has 4 atom stereocenters. The standard InChI is InChI=1S/C15H30O4Si/c1-14(2,3)20(6,7)19-12-10(9-16)8-11-13(12)18-15(4,5)17-11/h10-13,16H,8-9H2,1-7H3/t10-,11-,12+,13-/m0/s1. The largest absolute Gasteiger partial charge is 0.411 e. The summed E-state index contributed by atoms with van der Waals surface area (Å²) in [7, 11) is -1.88. The minimum absolute atomic E-state index is 0.0451. The summed E-state index contributed by atoms with van der Waals surface area (Å²) >= 11 is 0. The zero-order valence-electron chi connectivity index (χ0n) is 13.9. The van der Waals surface area contributed by atoms with Gasteiger partial charge in [-0.05, 0) is 38.4 Å². The predicted octanol–water partition coefficient (Wildman–Crippen LogP) is 2.91. The quantitative estimate of drug-likeness (QED) is 0.814. The Labute approximate surface area is 123 Å². The number of hydrogen-bond donors (Lipinski definition) is 1. The molecule has 2 rings (SSSR count). The molecule has 20 heavy (non-hydrogen) atoms. The second kappa shape index (κ2) is 5.06. The highest BCUT2D eigenvalue weighted by Gasteiger charge is 2.55. The molecule has 1 aliphatic carbocycles. The van der Waals surface area contributed by atoms with E-state index in [4.69, 9.17) is 13.9 Å². The summed E-state index contributed by atoms with van der Waals surface area (Å²) in [6.07, 6.45) is 0.782. The molecular weight excluding hydrogens is 272 g/mol. The summed E-state index contributed by atoms with van der Waals surface area (Å²) in [5.41, 5.74) is 0. The Morgan fingerprint density at radius 3 is 2.35 bits per heavy atom. The fraction of sp³-hybridized carbons (Fsp3) is 1.00. The maximum atomic E-state index is 9.65. The first kappa shape index (κ1) is 16.4. The van der Waals surface area contributed by atoms with Crippen molar-refractivity contribution >= 4 is 8.32 Å². The Balaban J connectivity index is 2.16. The lowest BCUT2D eigenvalue weighted by Crippen LogP contribution is -2.49. The molecule has 0 aromatic heterocycles. The third kappa shape index (κ3) is 2.97. The lowest BCUT2D eigenvalue weighted by Gasteiger charge is -2.41. The van der Waals surface area contributed by atoms with Crippen molar-refractivity contribution in [2.24, 2.45) is 5.92 Å². The van der Waals surface area contributed by atoms with E-state index >= 15 is 0 Å². The van der Waals surface area contributed by atoms with E-state index in [1.807, 2.05) is 13.8 Å². The molecule has 0 amide bonds. The number of aliphatic hydroxyl groups excluding tert-OH is 1. The summed E-state index contributed by atoms with van der Waals surface area (Å²) in [4.78, 5) is 0. The van der Waals surface area contributed by atoms with Gasteiger partial charge in [-0.1, -0.05) is 20.8 Å². The summed E-state index contributed by atoms with van der Waals surface area (Å²) in [6, 6.07) is 0. The maximum Gasteiger partial charge on any atom is 0.192 e. The van der Waals surface area contributed by atoms with E-state index in [9.17, 15) is 5.11 Å². The highest BCUT2D eigenvalue weighted by Crippen LogP contribution is 2.46. The molecule has 2 fully saturated rings. The van der Waals surface area contributed by atoms with Gasteiger partial charge in [0.15, 0.2) is 14.1 Å². The van der Waals surface area contributed by atoms with Crippen LogP contribution in [0.15, 0.2) is 0 Å². The van der Waals surface area contributed by atoms with E-state index in [1.165, 1.54) is 0 Å². The van der Waals surface area contributed by atoms with Crippen LogP contribution < -0.4 is 0 Å². The van der Waals surface area contributed by atoms with Gasteiger partial charge in [0.05, 0.1) is 12.2 Å². The molecule has 2 aliphatic rings. The highest BCUT2D eigenvalue weighted by atomic mass is 28.4. The van der Waals surface area contributed by atoms with Gasteiger partial charge >= 0.3 is 0 Å². The molecule has 1 heterocycles. The zero-order valence-corrected chi connectivity index (χ0v) is 14.9. The van der Waals surface area contributed by atoms with Crippen LogP contribution in [0.3, 0.4) is 0 Å². The number of ether oxygens (including phenoxy) is 2. The number of aliphatic hydroxyl groups is 1. The van der Waals surface area contributed by atoms with Crippen molar-refractivity contribution in [3.05, 3.63) is 0 Å². The van der Waals surface area contributed by atoms with Crippen LogP contribution in [0.4, 0.5) is 0 Å². The highest BCUT2D eigenvalue weighted by molar-refractivity contribution is 6.74. The van der Waals surface area contributed by atoms with Gasteiger partial charge in [0.25, 0.3) is 0 Å².